The van der Waals surface area contributed by atoms with Gasteiger partial charge in [0.25, 0.3) is 5.91 Å². The molecule has 1 saturated heterocycles. The maximum atomic E-state index is 14.2. The van der Waals surface area contributed by atoms with Crippen molar-refractivity contribution < 1.29 is 33.0 Å². The van der Waals surface area contributed by atoms with Gasteiger partial charge in [-0.1, -0.05) is 0 Å². The molecule has 0 aliphatic carbocycles. The standard InChI is InChI=1S/C15H17FN2O3.C4H6O3/c1-8-15(20)17-13-6-11(5-12(16)14(13)21-8)10-3-4-18(7-10)9(2)19;1-3(5)7-4(2)6/h5-6,8,10H,3-4,7H2,1-2H3,(H,17,20);1-2H3/t8-,10?;/m1./s1. The fourth-order valence-corrected chi connectivity index (χ4v) is 3.05. The van der Waals surface area contributed by atoms with E-state index in [1.165, 1.54) is 26.8 Å². The zero-order valence-electron chi connectivity index (χ0n) is 16.2. The third kappa shape index (κ3) is 5.28. The van der Waals surface area contributed by atoms with E-state index in [4.69, 9.17) is 4.74 Å². The number of nitrogens with zero attached hydrogens (tertiary/aromatic N) is 1. The van der Waals surface area contributed by atoms with Crippen LogP contribution in [0.4, 0.5) is 10.1 Å². The molecule has 28 heavy (non-hydrogen) atoms. The van der Waals surface area contributed by atoms with E-state index in [0.29, 0.717) is 18.8 Å². The first-order valence-corrected chi connectivity index (χ1v) is 8.84. The van der Waals surface area contributed by atoms with Crippen molar-refractivity contribution in [1.29, 1.82) is 0 Å². The van der Waals surface area contributed by atoms with Crippen molar-refractivity contribution in [1.82, 2.24) is 4.90 Å². The lowest BCUT2D eigenvalue weighted by Crippen LogP contribution is -2.35. The van der Waals surface area contributed by atoms with Crippen molar-refractivity contribution in [2.75, 3.05) is 18.4 Å². The van der Waals surface area contributed by atoms with E-state index in [1.54, 1.807) is 17.9 Å². The van der Waals surface area contributed by atoms with Gasteiger partial charge in [-0.05, 0) is 31.0 Å². The van der Waals surface area contributed by atoms with Crippen LogP contribution in [0, 0.1) is 5.82 Å². The van der Waals surface area contributed by atoms with Crippen LogP contribution in [0.1, 0.15) is 45.6 Å². The second-order valence-electron chi connectivity index (χ2n) is 6.66. The van der Waals surface area contributed by atoms with Crippen LogP contribution in [0.5, 0.6) is 5.75 Å². The maximum Gasteiger partial charge on any atom is 0.310 e. The topological polar surface area (TPSA) is 102 Å². The number of nitrogens with one attached hydrogen (secondary N) is 1. The van der Waals surface area contributed by atoms with Gasteiger partial charge in [0, 0.05) is 39.8 Å². The molecule has 0 saturated carbocycles. The minimum Gasteiger partial charge on any atom is -0.476 e. The molecule has 1 N–H and O–H groups in total. The second-order valence-corrected chi connectivity index (χ2v) is 6.66. The van der Waals surface area contributed by atoms with Gasteiger partial charge < -0.3 is 19.7 Å². The summed E-state index contributed by atoms with van der Waals surface area (Å²) in [4.78, 5) is 44.4. The Balaban J connectivity index is 0.000000345. The minimum atomic E-state index is -0.697. The number of hydrogen-bond donors (Lipinski definition) is 1. The van der Waals surface area contributed by atoms with Gasteiger partial charge in [0.2, 0.25) is 5.91 Å². The number of anilines is 1. The molecule has 0 spiro atoms. The highest BCUT2D eigenvalue weighted by Gasteiger charge is 2.30. The van der Waals surface area contributed by atoms with E-state index in [-0.39, 0.29) is 23.5 Å². The molecular formula is C19H23FN2O6. The number of ether oxygens (including phenoxy) is 2. The van der Waals surface area contributed by atoms with E-state index in [0.717, 1.165) is 12.0 Å². The fourth-order valence-electron chi connectivity index (χ4n) is 3.05. The van der Waals surface area contributed by atoms with Gasteiger partial charge in [0.15, 0.2) is 17.7 Å². The molecule has 0 radical (unpaired) electrons. The van der Waals surface area contributed by atoms with Gasteiger partial charge in [-0.15, -0.1) is 0 Å². The number of fused-ring (bicyclic) bond motifs is 1. The van der Waals surface area contributed by atoms with Gasteiger partial charge in [0.1, 0.15) is 0 Å². The number of carbonyl (C=O) groups excluding carboxylic acids is 4. The third-order valence-electron chi connectivity index (χ3n) is 4.38. The van der Waals surface area contributed by atoms with Gasteiger partial charge in [-0.25, -0.2) is 4.39 Å². The van der Waals surface area contributed by atoms with Crippen LogP contribution < -0.4 is 10.1 Å². The average molecular weight is 394 g/mol. The summed E-state index contributed by atoms with van der Waals surface area (Å²) in [6.45, 7) is 6.73. The summed E-state index contributed by atoms with van der Waals surface area (Å²) in [7, 11) is 0. The molecule has 0 bridgehead atoms. The van der Waals surface area contributed by atoms with E-state index in [9.17, 15) is 23.6 Å². The number of carbonyl (C=O) groups is 4. The highest BCUT2D eigenvalue weighted by atomic mass is 19.1. The molecule has 2 amide bonds. The van der Waals surface area contributed by atoms with Crippen molar-refractivity contribution in [2.24, 2.45) is 0 Å². The Kier molecular flexibility index (Phi) is 6.71. The van der Waals surface area contributed by atoms with E-state index in [2.05, 4.69) is 10.1 Å². The Labute approximate surface area is 162 Å². The number of amides is 2. The van der Waals surface area contributed by atoms with Crippen LogP contribution >= 0.6 is 0 Å². The summed E-state index contributed by atoms with van der Waals surface area (Å²) in [5.41, 5.74) is 1.16. The SMILES string of the molecule is CC(=O)N1CCC(c2cc(F)c3c(c2)NC(=O)[C@@H](C)O3)C1.CC(=O)OC(C)=O. The monoisotopic (exact) mass is 394 g/mol. The second kappa shape index (κ2) is 8.81. The predicted octanol–water partition coefficient (Wildman–Crippen LogP) is 1.98. The molecular weight excluding hydrogens is 371 g/mol. The molecule has 9 heteroatoms. The van der Waals surface area contributed by atoms with Gasteiger partial charge in [-0.2, -0.15) is 0 Å². The Morgan fingerprint density at radius 3 is 2.36 bits per heavy atom. The molecule has 0 aromatic heterocycles. The van der Waals surface area contributed by atoms with Crippen molar-refractivity contribution in [3.8, 4) is 5.75 Å². The Morgan fingerprint density at radius 2 is 1.86 bits per heavy atom. The molecule has 2 aliphatic heterocycles. The van der Waals surface area contributed by atoms with E-state index < -0.39 is 23.9 Å². The smallest absolute Gasteiger partial charge is 0.310 e. The van der Waals surface area contributed by atoms with Gasteiger partial charge >= 0.3 is 11.9 Å². The van der Waals surface area contributed by atoms with Crippen LogP contribution in [-0.2, 0) is 23.9 Å². The number of halogens is 1. The lowest BCUT2D eigenvalue weighted by molar-refractivity contribution is -0.156. The highest BCUT2D eigenvalue weighted by molar-refractivity contribution is 5.97. The Bertz CT molecular complexity index is 798. The average Bonchev–Trinajstić information content (AvgIpc) is 3.06. The van der Waals surface area contributed by atoms with Gasteiger partial charge in [-0.3, -0.25) is 19.2 Å². The molecule has 2 heterocycles. The molecule has 8 nitrogen and oxygen atoms in total. The third-order valence-corrected chi connectivity index (χ3v) is 4.38. The molecule has 1 aromatic carbocycles. The van der Waals surface area contributed by atoms with E-state index in [1.807, 2.05) is 0 Å². The summed E-state index contributed by atoms with van der Waals surface area (Å²) >= 11 is 0. The van der Waals surface area contributed by atoms with Crippen LogP contribution in [0.15, 0.2) is 12.1 Å². The van der Waals surface area contributed by atoms with E-state index >= 15 is 0 Å². The number of rotatable bonds is 1. The van der Waals surface area contributed by atoms with Crippen molar-refractivity contribution in [2.45, 2.75) is 46.1 Å². The van der Waals surface area contributed by atoms with Crippen LogP contribution in [0.25, 0.3) is 0 Å². The first-order valence-electron chi connectivity index (χ1n) is 8.84. The quantitative estimate of drug-likeness (QED) is 0.577. The zero-order chi connectivity index (χ0) is 21.0. The zero-order valence-corrected chi connectivity index (χ0v) is 16.2. The Morgan fingerprint density at radius 1 is 1.21 bits per heavy atom. The Hall–Kier alpha value is -2.97. The molecule has 2 atom stereocenters. The molecule has 1 unspecified atom stereocenters. The first-order chi connectivity index (χ1) is 13.1. The van der Waals surface area contributed by atoms with Crippen LogP contribution in [-0.4, -0.2) is 47.8 Å². The van der Waals surface area contributed by atoms with Crippen molar-refractivity contribution >= 4 is 29.4 Å². The molecule has 1 aromatic rings. The number of likely N-dealkylation sites (tertiary alicyclic amines) is 1. The largest absolute Gasteiger partial charge is 0.476 e. The first kappa shape index (κ1) is 21.3. The highest BCUT2D eigenvalue weighted by Crippen LogP contribution is 2.37. The molecule has 1 fully saturated rings. The molecule has 152 valence electrons. The van der Waals surface area contributed by atoms with Crippen molar-refractivity contribution in [3.05, 3.63) is 23.5 Å². The summed E-state index contributed by atoms with van der Waals surface area (Å²) in [6.07, 6.45) is 0.0979. The predicted molar refractivity (Wildman–Crippen MR) is 97.2 cm³/mol. The summed E-state index contributed by atoms with van der Waals surface area (Å²) in [6, 6.07) is 3.19. The summed E-state index contributed by atoms with van der Waals surface area (Å²) in [5.74, 6) is -1.68. The number of esters is 2. The summed E-state index contributed by atoms with van der Waals surface area (Å²) < 4.78 is 23.5. The van der Waals surface area contributed by atoms with Crippen LogP contribution in [0.3, 0.4) is 0 Å². The van der Waals surface area contributed by atoms with Gasteiger partial charge in [0.05, 0.1) is 5.69 Å². The van der Waals surface area contributed by atoms with Crippen LogP contribution in [0.2, 0.25) is 0 Å². The number of hydrogen-bond acceptors (Lipinski definition) is 6. The lowest BCUT2D eigenvalue weighted by Gasteiger charge is -2.25. The maximum absolute atomic E-state index is 14.2. The minimum absolute atomic E-state index is 0.0291. The normalized spacial score (nSPS) is 20.2. The van der Waals surface area contributed by atoms with Crippen molar-refractivity contribution in [3.63, 3.8) is 0 Å². The molecule has 2 aliphatic rings. The number of benzene rings is 1. The summed E-state index contributed by atoms with van der Waals surface area (Å²) in [5, 5.41) is 2.66. The lowest BCUT2D eigenvalue weighted by atomic mass is 9.97. The fraction of sp³-hybridized carbons (Fsp3) is 0.474. The molecule has 3 rings (SSSR count).